The van der Waals surface area contributed by atoms with Crippen molar-refractivity contribution in [1.29, 1.82) is 0 Å². The smallest absolute Gasteiger partial charge is 0.335 e. The SMILES string of the molecule is O=C(O)c1ccc(CCCc2ccccc2N(c2cc(S(=O)(=O)c3ccccc3)cs2)S(=O)[O-])cc1. The Balaban J connectivity index is 1.56. The number of hydrogen-bond donors (Lipinski definition) is 1. The van der Waals surface area contributed by atoms with Crippen LogP contribution in [0.25, 0.3) is 0 Å². The van der Waals surface area contributed by atoms with Crippen LogP contribution in [0.2, 0.25) is 0 Å². The van der Waals surface area contributed by atoms with Crippen molar-refractivity contribution in [3.05, 3.63) is 107 Å². The first kappa shape index (κ1) is 25.8. The maximum absolute atomic E-state index is 13.0. The van der Waals surface area contributed by atoms with Gasteiger partial charge in [0.2, 0.25) is 9.84 Å². The molecule has 36 heavy (non-hydrogen) atoms. The number of carbonyl (C=O) groups is 1. The van der Waals surface area contributed by atoms with Gasteiger partial charge in [-0.1, -0.05) is 48.5 Å². The normalized spacial score (nSPS) is 12.2. The average Bonchev–Trinajstić information content (AvgIpc) is 3.36. The number of nitrogens with zero attached hydrogens (tertiary/aromatic N) is 1. The predicted octanol–water partition coefficient (Wildman–Crippen LogP) is 5.39. The van der Waals surface area contributed by atoms with Crippen LogP contribution < -0.4 is 4.31 Å². The molecule has 7 nitrogen and oxygen atoms in total. The molecule has 0 fully saturated rings. The Morgan fingerprint density at radius 1 is 0.917 bits per heavy atom. The van der Waals surface area contributed by atoms with E-state index in [1.165, 1.54) is 23.6 Å². The second kappa shape index (κ2) is 11.2. The molecule has 0 saturated heterocycles. The van der Waals surface area contributed by atoms with Crippen molar-refractivity contribution in [3.63, 3.8) is 0 Å². The van der Waals surface area contributed by atoms with E-state index in [4.69, 9.17) is 5.11 Å². The summed E-state index contributed by atoms with van der Waals surface area (Å²) in [6.45, 7) is 0. The third-order valence-corrected chi connectivity index (χ3v) is 9.22. The van der Waals surface area contributed by atoms with Crippen LogP contribution in [-0.2, 0) is 33.9 Å². The fourth-order valence-corrected chi connectivity index (χ4v) is 7.11. The molecule has 1 atom stereocenters. The quantitative estimate of drug-likeness (QED) is 0.270. The molecule has 0 radical (unpaired) electrons. The van der Waals surface area contributed by atoms with Crippen LogP contribution in [0.4, 0.5) is 10.7 Å². The molecule has 1 heterocycles. The van der Waals surface area contributed by atoms with Crippen LogP contribution in [0.1, 0.15) is 27.9 Å². The topological polar surface area (TPSA) is 115 Å². The minimum atomic E-state index is -3.78. The van der Waals surface area contributed by atoms with Gasteiger partial charge >= 0.3 is 5.97 Å². The van der Waals surface area contributed by atoms with Gasteiger partial charge in [0.25, 0.3) is 0 Å². The number of rotatable bonds is 10. The first-order valence-electron chi connectivity index (χ1n) is 11.0. The van der Waals surface area contributed by atoms with Crippen LogP contribution >= 0.6 is 11.3 Å². The molecule has 3 aromatic carbocycles. The van der Waals surface area contributed by atoms with E-state index in [-0.39, 0.29) is 20.4 Å². The maximum atomic E-state index is 13.0. The van der Waals surface area contributed by atoms with Crippen LogP contribution in [0.15, 0.2) is 100 Å². The summed E-state index contributed by atoms with van der Waals surface area (Å²) in [6, 6.07) is 23.1. The van der Waals surface area contributed by atoms with E-state index in [2.05, 4.69) is 0 Å². The number of para-hydroxylation sites is 1. The van der Waals surface area contributed by atoms with Crippen molar-refractivity contribution in [2.24, 2.45) is 0 Å². The number of carboxylic acid groups (broad SMARTS) is 1. The van der Waals surface area contributed by atoms with Crippen LogP contribution in [0.5, 0.6) is 0 Å². The van der Waals surface area contributed by atoms with Crippen molar-refractivity contribution < 1.29 is 27.1 Å². The Hall–Kier alpha value is -3.31. The number of carboxylic acids is 1. The molecule has 4 aromatic rings. The van der Waals surface area contributed by atoms with E-state index in [1.54, 1.807) is 54.6 Å². The molecule has 10 heteroatoms. The van der Waals surface area contributed by atoms with E-state index in [0.29, 0.717) is 24.9 Å². The summed E-state index contributed by atoms with van der Waals surface area (Å²) in [5.74, 6) is -0.977. The molecule has 4 rings (SSSR count). The van der Waals surface area contributed by atoms with Gasteiger partial charge in [-0.05, 0) is 66.8 Å². The zero-order chi connectivity index (χ0) is 25.7. The zero-order valence-corrected chi connectivity index (χ0v) is 21.4. The average molecular weight is 541 g/mol. The number of thiophene rings is 1. The summed E-state index contributed by atoms with van der Waals surface area (Å²) < 4.78 is 51.7. The molecule has 1 aromatic heterocycles. The van der Waals surface area contributed by atoms with Gasteiger partial charge in [0, 0.05) is 5.38 Å². The highest BCUT2D eigenvalue weighted by Gasteiger charge is 2.23. The van der Waals surface area contributed by atoms with Crippen LogP contribution in [0.3, 0.4) is 0 Å². The van der Waals surface area contributed by atoms with E-state index in [0.717, 1.165) is 26.8 Å². The van der Waals surface area contributed by atoms with Gasteiger partial charge in [-0.3, -0.25) is 8.51 Å². The summed E-state index contributed by atoms with van der Waals surface area (Å²) in [6.07, 6.45) is 1.97. The van der Waals surface area contributed by atoms with Crippen LogP contribution in [0, 0.1) is 0 Å². The lowest BCUT2D eigenvalue weighted by molar-refractivity contribution is 0.0697. The second-order valence-corrected chi connectivity index (χ2v) is 11.6. The zero-order valence-electron chi connectivity index (χ0n) is 18.9. The molecular formula is C26H22NO6S3-. The Bertz CT molecular complexity index is 1480. The molecule has 0 bridgehead atoms. The number of benzene rings is 3. The Morgan fingerprint density at radius 2 is 1.58 bits per heavy atom. The Labute approximate surface area is 216 Å². The van der Waals surface area contributed by atoms with Gasteiger partial charge in [-0.25, -0.2) is 13.2 Å². The minimum absolute atomic E-state index is 0.0337. The van der Waals surface area contributed by atoms with Gasteiger partial charge in [-0.15, -0.1) is 11.3 Å². The Kier molecular flexibility index (Phi) is 8.00. The fourth-order valence-electron chi connectivity index (χ4n) is 3.78. The lowest BCUT2D eigenvalue weighted by Crippen LogP contribution is -2.20. The molecule has 1 unspecified atom stereocenters. The third-order valence-electron chi connectivity index (χ3n) is 5.60. The van der Waals surface area contributed by atoms with Gasteiger partial charge in [0.1, 0.15) is 5.00 Å². The van der Waals surface area contributed by atoms with E-state index >= 15 is 0 Å². The number of anilines is 2. The van der Waals surface area contributed by atoms with Crippen molar-refractivity contribution >= 4 is 49.1 Å². The molecule has 1 N–H and O–H groups in total. The molecule has 0 spiro atoms. The van der Waals surface area contributed by atoms with E-state index in [1.807, 2.05) is 12.1 Å². The Morgan fingerprint density at radius 3 is 2.25 bits per heavy atom. The molecule has 0 aliphatic heterocycles. The van der Waals surface area contributed by atoms with Gasteiger partial charge in [-0.2, -0.15) is 0 Å². The lowest BCUT2D eigenvalue weighted by Gasteiger charge is -2.27. The lowest BCUT2D eigenvalue weighted by atomic mass is 10.0. The third kappa shape index (κ3) is 5.73. The van der Waals surface area contributed by atoms with Gasteiger partial charge in [0.05, 0.1) is 32.3 Å². The number of hydrogen-bond acceptors (Lipinski definition) is 6. The van der Waals surface area contributed by atoms with Gasteiger partial charge in [0.15, 0.2) is 0 Å². The standard InChI is InChI=1S/C26H23NO6S3/c28-26(29)21-15-13-19(14-16-21)7-6-9-20-8-4-5-12-24(20)27(35(30)31)25-17-23(18-34-25)36(32,33)22-10-2-1-3-11-22/h1-5,8,10-18H,6-7,9H2,(H,28,29)(H,30,31)/p-1. The van der Waals surface area contributed by atoms with Gasteiger partial charge < -0.3 is 9.66 Å². The summed E-state index contributed by atoms with van der Waals surface area (Å²) in [5.41, 5.74) is 2.46. The van der Waals surface area contributed by atoms with Crippen LogP contribution in [-0.4, -0.2) is 28.3 Å². The molecule has 0 aliphatic carbocycles. The van der Waals surface area contributed by atoms with Crippen molar-refractivity contribution in [1.82, 2.24) is 0 Å². The van der Waals surface area contributed by atoms with E-state index in [9.17, 15) is 22.0 Å². The first-order valence-corrected chi connectivity index (χ1v) is 14.3. The highest BCUT2D eigenvalue weighted by atomic mass is 32.2. The predicted molar refractivity (Wildman–Crippen MR) is 139 cm³/mol. The summed E-state index contributed by atoms with van der Waals surface area (Å²) in [4.78, 5) is 11.2. The molecule has 0 saturated carbocycles. The molecule has 186 valence electrons. The number of sulfone groups is 1. The molecule has 0 amide bonds. The van der Waals surface area contributed by atoms with E-state index < -0.39 is 27.1 Å². The highest BCUT2D eigenvalue weighted by molar-refractivity contribution is 7.91. The summed E-state index contributed by atoms with van der Waals surface area (Å²) >= 11 is -1.64. The second-order valence-electron chi connectivity index (χ2n) is 7.93. The number of aryl methyl sites for hydroxylation is 2. The maximum Gasteiger partial charge on any atom is 0.335 e. The van der Waals surface area contributed by atoms with Crippen molar-refractivity contribution in [2.75, 3.05) is 4.31 Å². The largest absolute Gasteiger partial charge is 0.755 e. The van der Waals surface area contributed by atoms with Crippen molar-refractivity contribution in [3.8, 4) is 0 Å². The monoisotopic (exact) mass is 540 g/mol. The fraction of sp³-hybridized carbons (Fsp3) is 0.115. The minimum Gasteiger partial charge on any atom is -0.755 e. The van der Waals surface area contributed by atoms with Crippen molar-refractivity contribution in [2.45, 2.75) is 29.1 Å². The first-order chi connectivity index (χ1) is 17.3. The number of aromatic carboxylic acids is 1. The highest BCUT2D eigenvalue weighted by Crippen LogP contribution is 2.37. The summed E-state index contributed by atoms with van der Waals surface area (Å²) in [7, 11) is -3.78. The molecular weight excluding hydrogens is 518 g/mol. The summed E-state index contributed by atoms with van der Waals surface area (Å²) in [5, 5.41) is 10.8. The molecule has 0 aliphatic rings.